The Morgan fingerprint density at radius 3 is 2.35 bits per heavy atom. The average Bonchev–Trinajstić information content (AvgIpc) is 2.67. The van der Waals surface area contributed by atoms with Crippen LogP contribution in [-0.2, 0) is 10.0 Å². The van der Waals surface area contributed by atoms with Gasteiger partial charge >= 0.3 is 0 Å². The highest BCUT2D eigenvalue weighted by atomic mass is 32.2. The predicted octanol–water partition coefficient (Wildman–Crippen LogP) is 3.68. The van der Waals surface area contributed by atoms with Gasteiger partial charge in [-0.3, -0.25) is 4.99 Å². The van der Waals surface area contributed by atoms with E-state index in [4.69, 9.17) is 0 Å². The van der Waals surface area contributed by atoms with Crippen LogP contribution >= 0.6 is 0 Å². The summed E-state index contributed by atoms with van der Waals surface area (Å²) in [6, 6.07) is 15.2. The number of piperidine rings is 1. The van der Waals surface area contributed by atoms with Crippen molar-refractivity contribution in [3.63, 3.8) is 0 Å². The van der Waals surface area contributed by atoms with Gasteiger partial charge in [0.1, 0.15) is 4.90 Å². The maximum atomic E-state index is 12.9. The monoisotopic (exact) mass is 371 g/mol. The van der Waals surface area contributed by atoms with Crippen LogP contribution in [0.1, 0.15) is 24.8 Å². The Hall–Kier alpha value is -2.18. The number of anilines is 1. The molecule has 1 saturated heterocycles. The molecule has 1 aliphatic rings. The predicted molar refractivity (Wildman–Crippen MR) is 107 cm³/mol. The van der Waals surface area contributed by atoms with Gasteiger partial charge in [0.2, 0.25) is 10.0 Å². The van der Waals surface area contributed by atoms with Gasteiger partial charge in [-0.1, -0.05) is 30.3 Å². The number of rotatable bonds is 5. The first-order chi connectivity index (χ1) is 12.5. The van der Waals surface area contributed by atoms with Crippen LogP contribution in [0.5, 0.6) is 0 Å². The lowest BCUT2D eigenvalue weighted by atomic mass is 10.1. The molecule has 0 atom stereocenters. The van der Waals surface area contributed by atoms with Crippen LogP contribution in [0, 0.1) is 0 Å². The second kappa shape index (κ2) is 8.01. The van der Waals surface area contributed by atoms with Crippen molar-refractivity contribution in [1.29, 1.82) is 0 Å². The third-order valence-corrected chi connectivity index (χ3v) is 6.41. The zero-order chi connectivity index (χ0) is 18.6. The van der Waals surface area contributed by atoms with E-state index in [-0.39, 0.29) is 0 Å². The van der Waals surface area contributed by atoms with Crippen LogP contribution in [0.3, 0.4) is 0 Å². The van der Waals surface area contributed by atoms with Crippen LogP contribution in [0.2, 0.25) is 0 Å². The molecule has 0 saturated carbocycles. The Bertz CT molecular complexity index is 871. The van der Waals surface area contributed by atoms with Crippen LogP contribution in [0.4, 0.5) is 11.4 Å². The third-order valence-electron chi connectivity index (χ3n) is 4.56. The van der Waals surface area contributed by atoms with Gasteiger partial charge in [0.25, 0.3) is 0 Å². The molecule has 0 amide bonds. The fourth-order valence-electron chi connectivity index (χ4n) is 3.07. The van der Waals surface area contributed by atoms with Gasteiger partial charge in [0.15, 0.2) is 0 Å². The van der Waals surface area contributed by atoms with Gasteiger partial charge in [-0.15, -0.1) is 0 Å². The topological polar surface area (TPSA) is 53.0 Å². The third kappa shape index (κ3) is 4.14. The van der Waals surface area contributed by atoms with Gasteiger partial charge in [0.05, 0.1) is 11.4 Å². The SMILES string of the molecule is CN(C)S(=O)(=O)c1cc(N=Cc2ccccc2)ccc1N1CCCCC1. The quantitative estimate of drug-likeness (QED) is 0.754. The Morgan fingerprint density at radius 1 is 1.00 bits per heavy atom. The Morgan fingerprint density at radius 2 is 1.69 bits per heavy atom. The maximum Gasteiger partial charge on any atom is 0.244 e. The molecule has 0 spiro atoms. The second-order valence-corrected chi connectivity index (χ2v) is 8.78. The summed E-state index contributed by atoms with van der Waals surface area (Å²) in [7, 11) is -0.415. The number of hydrogen-bond donors (Lipinski definition) is 0. The van der Waals surface area contributed by atoms with Crippen molar-refractivity contribution in [3.05, 3.63) is 54.1 Å². The average molecular weight is 372 g/mol. The minimum atomic E-state index is -3.54. The van der Waals surface area contributed by atoms with Crippen molar-refractivity contribution >= 4 is 27.6 Å². The Kier molecular flexibility index (Phi) is 5.74. The fourth-order valence-corrected chi connectivity index (χ4v) is 4.20. The first kappa shape index (κ1) is 18.6. The summed E-state index contributed by atoms with van der Waals surface area (Å²) in [6.07, 6.45) is 5.14. The van der Waals surface area contributed by atoms with E-state index in [1.807, 2.05) is 42.5 Å². The summed E-state index contributed by atoms with van der Waals surface area (Å²) in [5.74, 6) is 0. The molecular weight excluding hydrogens is 346 g/mol. The van der Waals surface area contributed by atoms with Gasteiger partial charge < -0.3 is 4.90 Å². The van der Waals surface area contributed by atoms with Crippen molar-refractivity contribution in [2.45, 2.75) is 24.2 Å². The summed E-state index contributed by atoms with van der Waals surface area (Å²) in [5, 5.41) is 0. The zero-order valence-electron chi connectivity index (χ0n) is 15.3. The number of hydrogen-bond acceptors (Lipinski definition) is 4. The van der Waals surface area contributed by atoms with E-state index in [0.29, 0.717) is 10.6 Å². The normalized spacial score (nSPS) is 15.7. The molecule has 1 aliphatic heterocycles. The maximum absolute atomic E-state index is 12.9. The first-order valence-corrected chi connectivity index (χ1v) is 10.3. The van der Waals surface area contributed by atoms with Crippen molar-refractivity contribution in [2.24, 2.45) is 4.99 Å². The first-order valence-electron chi connectivity index (χ1n) is 8.89. The summed E-state index contributed by atoms with van der Waals surface area (Å²) >= 11 is 0. The van der Waals surface area contributed by atoms with E-state index in [2.05, 4.69) is 9.89 Å². The number of nitrogens with zero attached hydrogens (tertiary/aromatic N) is 3. The smallest absolute Gasteiger partial charge is 0.244 e. The van der Waals surface area contributed by atoms with E-state index >= 15 is 0 Å². The molecule has 2 aromatic rings. The van der Waals surface area contributed by atoms with E-state index < -0.39 is 10.0 Å². The van der Waals surface area contributed by atoms with Crippen LogP contribution in [-0.4, -0.2) is 46.1 Å². The molecule has 0 aliphatic carbocycles. The summed E-state index contributed by atoms with van der Waals surface area (Å²) in [6.45, 7) is 1.78. The molecule has 0 aromatic heterocycles. The number of aliphatic imine (C=N–C) groups is 1. The second-order valence-electron chi connectivity index (χ2n) is 6.66. The standard InChI is InChI=1S/C20H25N3O2S/c1-22(2)26(24,25)20-15-18(21-16-17-9-5-3-6-10-17)11-12-19(20)23-13-7-4-8-14-23/h3,5-6,9-12,15-16H,4,7-8,13-14H2,1-2H3. The Balaban J connectivity index is 2.00. The van der Waals surface area contributed by atoms with Crippen LogP contribution in [0.25, 0.3) is 0 Å². The number of sulfonamides is 1. The molecule has 3 rings (SSSR count). The highest BCUT2D eigenvalue weighted by molar-refractivity contribution is 7.89. The largest absolute Gasteiger partial charge is 0.370 e. The lowest BCUT2D eigenvalue weighted by molar-refractivity contribution is 0.519. The van der Waals surface area contributed by atoms with Crippen molar-refractivity contribution in [2.75, 3.05) is 32.1 Å². The van der Waals surface area contributed by atoms with E-state index in [1.165, 1.54) is 10.7 Å². The van der Waals surface area contributed by atoms with Crippen molar-refractivity contribution in [3.8, 4) is 0 Å². The highest BCUT2D eigenvalue weighted by Crippen LogP contribution is 2.32. The molecular formula is C20H25N3O2S. The lowest BCUT2D eigenvalue weighted by Gasteiger charge is -2.31. The summed E-state index contributed by atoms with van der Waals surface area (Å²) in [4.78, 5) is 6.97. The van der Waals surface area contributed by atoms with Gasteiger partial charge in [-0.05, 0) is 43.0 Å². The highest BCUT2D eigenvalue weighted by Gasteiger charge is 2.25. The molecule has 6 heteroatoms. The Labute approximate surface area is 156 Å². The molecule has 1 heterocycles. The van der Waals surface area contributed by atoms with Crippen molar-refractivity contribution < 1.29 is 8.42 Å². The van der Waals surface area contributed by atoms with Gasteiger partial charge in [0, 0.05) is 33.4 Å². The van der Waals surface area contributed by atoms with Gasteiger partial charge in [-0.25, -0.2) is 12.7 Å². The summed E-state index contributed by atoms with van der Waals surface area (Å²) < 4.78 is 27.0. The summed E-state index contributed by atoms with van der Waals surface area (Å²) in [5.41, 5.74) is 2.39. The van der Waals surface area contributed by atoms with Crippen molar-refractivity contribution in [1.82, 2.24) is 4.31 Å². The molecule has 5 nitrogen and oxygen atoms in total. The van der Waals surface area contributed by atoms with Crippen LogP contribution in [0.15, 0.2) is 58.4 Å². The minimum absolute atomic E-state index is 0.326. The van der Waals surface area contributed by atoms with E-state index in [9.17, 15) is 8.42 Å². The number of benzene rings is 2. The zero-order valence-corrected chi connectivity index (χ0v) is 16.1. The van der Waals surface area contributed by atoms with E-state index in [1.54, 1.807) is 26.4 Å². The molecule has 138 valence electrons. The molecule has 0 unspecified atom stereocenters. The molecule has 0 radical (unpaired) electrons. The molecule has 1 fully saturated rings. The molecule has 2 aromatic carbocycles. The van der Waals surface area contributed by atoms with E-state index in [0.717, 1.165) is 37.2 Å². The van der Waals surface area contributed by atoms with Crippen LogP contribution < -0.4 is 4.90 Å². The molecule has 0 bridgehead atoms. The molecule has 0 N–H and O–H groups in total. The minimum Gasteiger partial charge on any atom is -0.370 e. The van der Waals surface area contributed by atoms with Gasteiger partial charge in [-0.2, -0.15) is 0 Å². The lowest BCUT2D eigenvalue weighted by Crippen LogP contribution is -2.32. The fraction of sp³-hybridized carbons (Fsp3) is 0.350. The molecule has 26 heavy (non-hydrogen) atoms.